The van der Waals surface area contributed by atoms with Gasteiger partial charge in [-0.15, -0.1) is 55.4 Å². The minimum Gasteiger partial charge on any atom is -0.146 e. The lowest BCUT2D eigenvalue weighted by atomic mass is 11.8. The van der Waals surface area contributed by atoms with E-state index in [9.17, 15) is 0 Å². The summed E-state index contributed by atoms with van der Waals surface area (Å²) in [6.45, 7) is -0.0759. The van der Waals surface area contributed by atoms with Gasteiger partial charge in [0.05, 0.1) is 0 Å². The highest BCUT2D eigenvalue weighted by atomic mass is 35.8. The molecule has 0 fully saturated rings. The van der Waals surface area contributed by atoms with E-state index in [4.69, 9.17) is 55.4 Å². The fourth-order valence-corrected chi connectivity index (χ4v) is 9.19. The minimum absolute atomic E-state index is 0.599. The lowest BCUT2D eigenvalue weighted by Crippen LogP contribution is -2.21. The van der Waals surface area contributed by atoms with Gasteiger partial charge in [-0.2, -0.15) is 0 Å². The third-order valence-electron chi connectivity index (χ3n) is 0.761. The van der Waals surface area contributed by atoms with Crippen molar-refractivity contribution in [3.8, 4) is 0 Å². The van der Waals surface area contributed by atoms with Crippen LogP contribution in [0.15, 0.2) is 0 Å². The number of hydrogen-bond donors (Lipinski definition) is 0. The fourth-order valence-electron chi connectivity index (χ4n) is 0.424. The van der Waals surface area contributed by atoms with Crippen LogP contribution in [0.25, 0.3) is 0 Å². The van der Waals surface area contributed by atoms with E-state index in [2.05, 4.69) is 0 Å². The van der Waals surface area contributed by atoms with Gasteiger partial charge in [-0.05, 0) is 17.9 Å². The van der Waals surface area contributed by atoms with Gasteiger partial charge >= 0.3 is 6.00 Å². The Morgan fingerprint density at radius 1 is 1.00 bits per heavy atom. The predicted octanol–water partition coefficient (Wildman–Crippen LogP) is 3.81. The predicted molar refractivity (Wildman–Crippen MR) is 62.0 cm³/mol. The van der Waals surface area contributed by atoms with Crippen LogP contribution in [0, 0.1) is 0 Å². The van der Waals surface area contributed by atoms with Crippen molar-refractivity contribution in [1.29, 1.82) is 0 Å². The molecule has 0 bridgehead atoms. The Morgan fingerprint density at radius 3 is 1.73 bits per heavy atom. The van der Waals surface area contributed by atoms with Gasteiger partial charge in [-0.1, -0.05) is 0 Å². The van der Waals surface area contributed by atoms with Crippen LogP contribution in [-0.4, -0.2) is 22.2 Å². The topological polar surface area (TPSA) is 0 Å². The van der Waals surface area contributed by atoms with Crippen molar-refractivity contribution in [2.75, 3.05) is 0 Å². The van der Waals surface area contributed by atoms with Crippen molar-refractivity contribution in [2.24, 2.45) is 0 Å². The molecule has 0 aromatic carbocycles. The zero-order chi connectivity index (χ0) is 9.12. The quantitative estimate of drug-likeness (QED) is 0.547. The van der Waals surface area contributed by atoms with Crippen LogP contribution in [0.4, 0.5) is 0 Å². The first-order chi connectivity index (χ1) is 4.71. The molecule has 0 heterocycles. The lowest BCUT2D eigenvalue weighted by Gasteiger charge is -2.10. The second kappa shape index (κ2) is 5.10. The first kappa shape index (κ1) is 13.1. The molecule has 0 atom stereocenters. The Labute approximate surface area is 94.8 Å². The molecule has 11 heavy (non-hydrogen) atoms. The van der Waals surface area contributed by atoms with Crippen molar-refractivity contribution >= 4 is 77.6 Å². The van der Waals surface area contributed by atoms with Crippen LogP contribution >= 0.6 is 55.4 Å². The Morgan fingerprint density at radius 2 is 1.45 bits per heavy atom. The van der Waals surface area contributed by atoms with Crippen molar-refractivity contribution in [1.82, 2.24) is 0 Å². The Hall–Kier alpha value is 2.10. The monoisotopic (exact) mass is 302 g/mol. The van der Waals surface area contributed by atoms with E-state index in [1.165, 1.54) is 0 Å². The first-order valence-corrected chi connectivity index (χ1v) is 14.2. The molecule has 66 valence electrons. The lowest BCUT2D eigenvalue weighted by molar-refractivity contribution is 1.81. The van der Waals surface area contributed by atoms with Crippen LogP contribution in [-0.2, 0) is 0 Å². The molecule has 0 saturated heterocycles. The van der Waals surface area contributed by atoms with Crippen LogP contribution in [0.1, 0.15) is 0 Å². The molecule has 0 nitrogen and oxygen atoms in total. The van der Waals surface area contributed by atoms with Gasteiger partial charge in [0.1, 0.15) is 0 Å². The van der Waals surface area contributed by atoms with E-state index < -0.39 is 12.7 Å². The molecule has 2 radical (unpaired) electrons. The smallest absolute Gasteiger partial charge is 0.146 e. The van der Waals surface area contributed by atoms with Gasteiger partial charge < -0.3 is 0 Å². The van der Waals surface area contributed by atoms with Crippen LogP contribution in [0.3, 0.4) is 0 Å². The van der Waals surface area contributed by atoms with Crippen molar-refractivity contribution in [2.45, 2.75) is 17.9 Å². The SMILES string of the molecule is C[Si](Cl)(Cl)C[Si]C[Si](Cl)(Cl)Cl. The highest BCUT2D eigenvalue weighted by Gasteiger charge is 2.27. The van der Waals surface area contributed by atoms with E-state index in [-0.39, 0.29) is 0 Å². The maximum atomic E-state index is 5.86. The third kappa shape index (κ3) is 12.1. The summed E-state index contributed by atoms with van der Waals surface area (Å²) in [7, 11) is 0.599. The van der Waals surface area contributed by atoms with Crippen LogP contribution < -0.4 is 0 Å². The van der Waals surface area contributed by atoms with E-state index in [0.29, 0.717) is 15.2 Å². The molecule has 0 saturated carbocycles. The van der Waals surface area contributed by atoms with Crippen LogP contribution in [0.2, 0.25) is 17.9 Å². The number of rotatable bonds is 4. The van der Waals surface area contributed by atoms with E-state index in [1.807, 2.05) is 6.55 Å². The molecule has 0 rings (SSSR count). The molecular weight excluding hydrogens is 298 g/mol. The Bertz CT molecular complexity index is 101. The van der Waals surface area contributed by atoms with E-state index in [0.717, 1.165) is 5.67 Å². The first-order valence-electron chi connectivity index (χ1n) is 2.86. The van der Waals surface area contributed by atoms with E-state index >= 15 is 0 Å². The van der Waals surface area contributed by atoms with Gasteiger partial charge in [0.2, 0.25) is 6.69 Å². The van der Waals surface area contributed by atoms with E-state index in [1.54, 1.807) is 0 Å². The van der Waals surface area contributed by atoms with Gasteiger partial charge in [0, 0.05) is 9.52 Å². The molecule has 0 aromatic rings. The second-order valence-electron chi connectivity index (χ2n) is 2.29. The molecule has 0 amide bonds. The van der Waals surface area contributed by atoms with Crippen molar-refractivity contribution in [3.63, 3.8) is 0 Å². The molecule has 0 aliphatic carbocycles. The molecular formula is C3H7Cl5Si3. The molecule has 8 heteroatoms. The standard InChI is InChI=1S/C3H7Cl5Si3/c1-10(4,5)2-9-3-11(6,7)8/h2-3H2,1H3. The zero-order valence-electron chi connectivity index (χ0n) is 5.80. The Balaban J connectivity index is 3.44. The van der Waals surface area contributed by atoms with Crippen LogP contribution in [0.5, 0.6) is 0 Å². The molecule has 0 unspecified atom stereocenters. The molecule has 0 aliphatic rings. The molecule has 0 N–H and O–H groups in total. The summed E-state index contributed by atoms with van der Waals surface area (Å²) in [6, 6.07) is -2.42. The normalized spacial score (nSPS) is 13.6. The number of hydrogen-bond acceptors (Lipinski definition) is 0. The fraction of sp³-hybridized carbons (Fsp3) is 1.00. The molecule has 0 aromatic heterocycles. The van der Waals surface area contributed by atoms with Gasteiger partial charge in [-0.3, -0.25) is 0 Å². The van der Waals surface area contributed by atoms with Gasteiger partial charge in [-0.25, -0.2) is 0 Å². The number of halogens is 5. The molecule has 0 spiro atoms. The summed E-state index contributed by atoms with van der Waals surface area (Å²) in [5.74, 6) is 0. The zero-order valence-corrected chi connectivity index (χ0v) is 12.6. The maximum absolute atomic E-state index is 5.86. The Kier molecular flexibility index (Phi) is 6.07. The second-order valence-corrected chi connectivity index (χ2v) is 22.1. The highest BCUT2D eigenvalue weighted by molar-refractivity contribution is 7.65. The summed E-state index contributed by atoms with van der Waals surface area (Å²) in [6.07, 6.45) is 0. The summed E-state index contributed by atoms with van der Waals surface area (Å²) < 4.78 is 0. The average molecular weight is 305 g/mol. The maximum Gasteiger partial charge on any atom is 0.338 e. The summed E-state index contributed by atoms with van der Waals surface area (Å²) in [5.41, 5.74) is 1.51. The molecule has 0 aliphatic heterocycles. The van der Waals surface area contributed by atoms with Crippen molar-refractivity contribution < 1.29 is 0 Å². The van der Waals surface area contributed by atoms with Gasteiger partial charge in [0.25, 0.3) is 0 Å². The summed E-state index contributed by atoms with van der Waals surface area (Å²) in [4.78, 5) is 0. The summed E-state index contributed by atoms with van der Waals surface area (Å²) >= 11 is 28.7. The average Bonchev–Trinajstić information content (AvgIpc) is 1.55. The highest BCUT2D eigenvalue weighted by Crippen LogP contribution is 2.26. The largest absolute Gasteiger partial charge is 0.338 e. The minimum atomic E-state index is -2.42. The summed E-state index contributed by atoms with van der Waals surface area (Å²) in [5, 5.41) is 0. The third-order valence-corrected chi connectivity index (χ3v) is 12.9. The van der Waals surface area contributed by atoms with Gasteiger partial charge in [0.15, 0.2) is 0 Å². The van der Waals surface area contributed by atoms with Crippen molar-refractivity contribution in [3.05, 3.63) is 0 Å².